The zero-order valence-corrected chi connectivity index (χ0v) is 13.6. The quantitative estimate of drug-likeness (QED) is 0.503. The van der Waals surface area contributed by atoms with Gasteiger partial charge >= 0.3 is 0 Å². The Kier molecular flexibility index (Phi) is 4.59. The second-order valence-electron chi connectivity index (χ2n) is 4.82. The van der Waals surface area contributed by atoms with Crippen molar-refractivity contribution in [1.82, 2.24) is 19.9 Å². The smallest absolute Gasteiger partial charge is 0.266 e. The molecule has 2 N–H and O–H groups in total. The number of rotatable bonds is 0. The molecule has 8 heteroatoms. The maximum Gasteiger partial charge on any atom is 0.266 e. The summed E-state index contributed by atoms with van der Waals surface area (Å²) in [7, 11) is 0. The first-order chi connectivity index (χ1) is 11.5. The van der Waals surface area contributed by atoms with Gasteiger partial charge in [0.05, 0.1) is 34.5 Å². The van der Waals surface area contributed by atoms with Gasteiger partial charge in [0.1, 0.15) is 0 Å². The molecule has 0 fully saturated rings. The SMILES string of the molecule is O=c1cnc2cc(Cl)ccc2[nH]1.O=c1cnc2cc(Cl)ccc2[nH]1. The number of hydrogen-bond acceptors (Lipinski definition) is 4. The number of hydrogen-bond donors (Lipinski definition) is 2. The van der Waals surface area contributed by atoms with Crippen molar-refractivity contribution in [3.8, 4) is 0 Å². The highest BCUT2D eigenvalue weighted by molar-refractivity contribution is 6.31. The highest BCUT2D eigenvalue weighted by Crippen LogP contribution is 2.14. The van der Waals surface area contributed by atoms with Crippen LogP contribution < -0.4 is 11.1 Å². The Bertz CT molecular complexity index is 1050. The third kappa shape index (κ3) is 3.79. The van der Waals surface area contributed by atoms with Gasteiger partial charge in [0, 0.05) is 10.0 Å². The van der Waals surface area contributed by atoms with E-state index in [0.29, 0.717) is 32.1 Å². The fraction of sp³-hybridized carbons (Fsp3) is 0. The summed E-state index contributed by atoms with van der Waals surface area (Å²) in [4.78, 5) is 34.7. The van der Waals surface area contributed by atoms with Gasteiger partial charge in [-0.05, 0) is 36.4 Å². The van der Waals surface area contributed by atoms with Crippen molar-refractivity contribution in [2.75, 3.05) is 0 Å². The van der Waals surface area contributed by atoms with Crippen LogP contribution in [0.3, 0.4) is 0 Å². The molecule has 0 aliphatic rings. The minimum atomic E-state index is -0.204. The van der Waals surface area contributed by atoms with E-state index in [1.807, 2.05) is 0 Å². The molecule has 6 nitrogen and oxygen atoms in total. The van der Waals surface area contributed by atoms with E-state index in [-0.39, 0.29) is 11.1 Å². The van der Waals surface area contributed by atoms with Crippen LogP contribution in [0.5, 0.6) is 0 Å². The number of nitrogens with one attached hydrogen (secondary N) is 2. The Hall–Kier alpha value is -2.70. The minimum absolute atomic E-state index is 0.204. The van der Waals surface area contributed by atoms with Gasteiger partial charge in [-0.15, -0.1) is 0 Å². The molecule has 24 heavy (non-hydrogen) atoms. The van der Waals surface area contributed by atoms with Gasteiger partial charge in [-0.2, -0.15) is 0 Å². The van der Waals surface area contributed by atoms with E-state index in [9.17, 15) is 9.59 Å². The molecule has 0 atom stereocenters. The number of nitrogens with zero attached hydrogens (tertiary/aromatic N) is 2. The fourth-order valence-electron chi connectivity index (χ4n) is 2.02. The predicted octanol–water partition coefficient (Wildman–Crippen LogP) is 3.15. The van der Waals surface area contributed by atoms with Gasteiger partial charge in [0.15, 0.2) is 0 Å². The molecule has 0 aliphatic heterocycles. The van der Waals surface area contributed by atoms with Crippen molar-refractivity contribution in [3.05, 3.63) is 79.5 Å². The molecule has 0 radical (unpaired) electrons. The normalized spacial score (nSPS) is 10.4. The van der Waals surface area contributed by atoms with Crippen molar-refractivity contribution in [1.29, 1.82) is 0 Å². The molecule has 2 heterocycles. The van der Waals surface area contributed by atoms with E-state index in [1.165, 1.54) is 12.4 Å². The number of halogens is 2. The topological polar surface area (TPSA) is 91.5 Å². The number of benzene rings is 2. The Morgan fingerprint density at radius 2 is 1.12 bits per heavy atom. The highest BCUT2D eigenvalue weighted by atomic mass is 35.5. The molecule has 0 saturated carbocycles. The van der Waals surface area contributed by atoms with Crippen molar-refractivity contribution < 1.29 is 0 Å². The molecule has 0 amide bonds. The fourth-order valence-corrected chi connectivity index (χ4v) is 2.35. The van der Waals surface area contributed by atoms with E-state index in [1.54, 1.807) is 36.4 Å². The summed E-state index contributed by atoms with van der Waals surface area (Å²) < 4.78 is 0. The summed E-state index contributed by atoms with van der Waals surface area (Å²) in [6.45, 7) is 0. The molecular weight excluding hydrogens is 351 g/mol. The summed E-state index contributed by atoms with van der Waals surface area (Å²) in [5.41, 5.74) is 2.39. The van der Waals surface area contributed by atoms with Gasteiger partial charge in [-0.1, -0.05) is 23.2 Å². The summed E-state index contributed by atoms with van der Waals surface area (Å²) in [6, 6.07) is 10.3. The van der Waals surface area contributed by atoms with Crippen LogP contribution in [-0.2, 0) is 0 Å². The lowest BCUT2D eigenvalue weighted by Crippen LogP contribution is -2.04. The Morgan fingerprint density at radius 3 is 1.54 bits per heavy atom. The standard InChI is InChI=1S/2C8H5ClN2O/c2*9-5-1-2-6-7(3-5)10-4-8(12)11-6/h2*1-4H,(H,11,12). The Morgan fingerprint density at radius 1 is 0.708 bits per heavy atom. The zero-order valence-electron chi connectivity index (χ0n) is 12.1. The maximum absolute atomic E-state index is 10.8. The van der Waals surface area contributed by atoms with Crippen molar-refractivity contribution in [3.63, 3.8) is 0 Å². The highest BCUT2D eigenvalue weighted by Gasteiger charge is 1.96. The zero-order chi connectivity index (χ0) is 17.1. The first kappa shape index (κ1) is 16.2. The summed E-state index contributed by atoms with van der Waals surface area (Å²) >= 11 is 11.5. The largest absolute Gasteiger partial charge is 0.319 e. The molecule has 0 aliphatic carbocycles. The van der Waals surface area contributed by atoms with E-state index in [4.69, 9.17) is 23.2 Å². The number of aromatic nitrogens is 4. The maximum atomic E-state index is 10.8. The molecule has 4 aromatic rings. The number of aromatic amines is 2. The molecule has 0 saturated heterocycles. The molecule has 2 aromatic heterocycles. The lowest BCUT2D eigenvalue weighted by atomic mass is 10.3. The monoisotopic (exact) mass is 360 g/mol. The molecule has 120 valence electrons. The van der Waals surface area contributed by atoms with Gasteiger partial charge in [-0.3, -0.25) is 9.59 Å². The van der Waals surface area contributed by atoms with Crippen LogP contribution in [0.15, 0.2) is 58.4 Å². The van der Waals surface area contributed by atoms with E-state index in [0.717, 1.165) is 0 Å². The third-order valence-corrected chi connectivity index (χ3v) is 3.55. The van der Waals surface area contributed by atoms with E-state index < -0.39 is 0 Å². The lowest BCUT2D eigenvalue weighted by molar-refractivity contribution is 1.22. The van der Waals surface area contributed by atoms with Crippen LogP contribution in [-0.4, -0.2) is 19.9 Å². The Labute approximate surface area is 145 Å². The number of fused-ring (bicyclic) bond motifs is 2. The first-order valence-corrected chi connectivity index (χ1v) is 7.56. The average Bonchev–Trinajstić information content (AvgIpc) is 2.56. The van der Waals surface area contributed by atoms with Crippen LogP contribution in [0.25, 0.3) is 22.1 Å². The van der Waals surface area contributed by atoms with Gasteiger partial charge in [-0.25, -0.2) is 9.97 Å². The Balaban J connectivity index is 0.000000141. The van der Waals surface area contributed by atoms with Crippen LogP contribution in [0, 0.1) is 0 Å². The molecule has 0 unspecified atom stereocenters. The van der Waals surface area contributed by atoms with Crippen LogP contribution in [0.4, 0.5) is 0 Å². The number of H-pyrrole nitrogens is 2. The minimum Gasteiger partial charge on any atom is -0.319 e. The second kappa shape index (κ2) is 6.82. The lowest BCUT2D eigenvalue weighted by Gasteiger charge is -1.94. The summed E-state index contributed by atoms with van der Waals surface area (Å²) in [5, 5.41) is 1.23. The van der Waals surface area contributed by atoms with Crippen molar-refractivity contribution >= 4 is 45.3 Å². The van der Waals surface area contributed by atoms with Gasteiger partial charge in [0.25, 0.3) is 11.1 Å². The predicted molar refractivity (Wildman–Crippen MR) is 94.7 cm³/mol. The van der Waals surface area contributed by atoms with E-state index in [2.05, 4.69) is 19.9 Å². The molecular formula is C16H10Cl2N4O2. The van der Waals surface area contributed by atoms with Gasteiger partial charge < -0.3 is 9.97 Å². The van der Waals surface area contributed by atoms with Crippen LogP contribution >= 0.6 is 23.2 Å². The van der Waals surface area contributed by atoms with Gasteiger partial charge in [0.2, 0.25) is 0 Å². The molecule has 4 rings (SSSR count). The van der Waals surface area contributed by atoms with Crippen molar-refractivity contribution in [2.45, 2.75) is 0 Å². The molecule has 0 bridgehead atoms. The van der Waals surface area contributed by atoms with Crippen molar-refractivity contribution in [2.24, 2.45) is 0 Å². The first-order valence-electron chi connectivity index (χ1n) is 6.80. The van der Waals surface area contributed by atoms with Crippen LogP contribution in [0.2, 0.25) is 10.0 Å². The molecule has 0 spiro atoms. The second-order valence-corrected chi connectivity index (χ2v) is 5.69. The molecule has 2 aromatic carbocycles. The third-order valence-electron chi connectivity index (χ3n) is 3.08. The van der Waals surface area contributed by atoms with E-state index >= 15 is 0 Å². The average molecular weight is 361 g/mol. The summed E-state index contributed by atoms with van der Waals surface area (Å²) in [6.07, 6.45) is 2.47. The summed E-state index contributed by atoms with van der Waals surface area (Å²) in [5.74, 6) is 0. The van der Waals surface area contributed by atoms with Crippen LogP contribution in [0.1, 0.15) is 0 Å².